The first-order valence-corrected chi connectivity index (χ1v) is 16.1. The molecule has 9 nitrogen and oxygen atoms in total. The van der Waals surface area contributed by atoms with E-state index in [0.29, 0.717) is 50.3 Å². The number of nitrogens with one attached hydrogen (secondary N) is 1. The number of carbonyl (C=O) groups is 3. The van der Waals surface area contributed by atoms with E-state index in [1.54, 1.807) is 47.5 Å². The van der Waals surface area contributed by atoms with Gasteiger partial charge in [-0.25, -0.2) is 14.6 Å². The van der Waals surface area contributed by atoms with Crippen LogP contribution in [0.25, 0.3) is 11.1 Å². The van der Waals surface area contributed by atoms with Crippen molar-refractivity contribution in [3.05, 3.63) is 107 Å². The summed E-state index contributed by atoms with van der Waals surface area (Å²) in [6.45, 7) is 4.59. The van der Waals surface area contributed by atoms with Gasteiger partial charge in [0.1, 0.15) is 11.2 Å². The minimum absolute atomic E-state index is 0.114. The Morgan fingerprint density at radius 3 is 2.26 bits per heavy atom. The first-order valence-electron chi connectivity index (χ1n) is 16.1. The molecule has 0 saturated carbocycles. The number of carboxylic acid groups (broad SMARTS) is 1. The van der Waals surface area contributed by atoms with Gasteiger partial charge in [-0.2, -0.15) is 13.2 Å². The molecule has 0 aliphatic carbocycles. The van der Waals surface area contributed by atoms with Gasteiger partial charge in [-0.15, -0.1) is 0 Å². The summed E-state index contributed by atoms with van der Waals surface area (Å²) in [5, 5.41) is 10.9. The minimum atomic E-state index is -4.60. The molecule has 3 aromatic rings. The Labute approximate surface area is 288 Å². The molecule has 0 bridgehead atoms. The number of ether oxygens (including phenoxy) is 1. The molecule has 2 saturated heterocycles. The number of amides is 2. The summed E-state index contributed by atoms with van der Waals surface area (Å²) >= 11 is 0. The zero-order chi connectivity index (χ0) is 36.3. The van der Waals surface area contributed by atoms with E-state index < -0.39 is 23.5 Å². The minimum Gasteiger partial charge on any atom is -0.478 e. The van der Waals surface area contributed by atoms with Crippen LogP contribution in [0.1, 0.15) is 41.8 Å². The Hall–Kier alpha value is -4.75. The monoisotopic (exact) mass is 696 g/mol. The molecular weight excluding hydrogens is 656 g/mol. The van der Waals surface area contributed by atoms with Gasteiger partial charge in [-0.3, -0.25) is 9.59 Å². The lowest BCUT2D eigenvalue weighted by Gasteiger charge is -2.50. The number of benzene rings is 3. The Kier molecular flexibility index (Phi) is 10.7. The molecule has 3 aromatic carbocycles. The Morgan fingerprint density at radius 1 is 0.920 bits per heavy atom. The van der Waals surface area contributed by atoms with Crippen molar-refractivity contribution in [2.75, 3.05) is 39.8 Å². The molecule has 0 atom stereocenters. The number of hydrogen-bond acceptors (Lipinski definition) is 6. The maximum absolute atomic E-state index is 13.2. The summed E-state index contributed by atoms with van der Waals surface area (Å²) < 4.78 is 57.6. The van der Waals surface area contributed by atoms with Crippen molar-refractivity contribution in [2.45, 2.75) is 39.6 Å². The Morgan fingerprint density at radius 2 is 1.60 bits per heavy atom. The Bertz CT molecular complexity index is 1750. The summed E-state index contributed by atoms with van der Waals surface area (Å²) in [5.74, 6) is -2.26. The number of likely N-dealkylation sites (tertiary alicyclic amines) is 2. The van der Waals surface area contributed by atoms with Crippen LogP contribution in [0.15, 0.2) is 84.6 Å². The normalized spacial score (nSPS) is 16.9. The van der Waals surface area contributed by atoms with E-state index in [0.717, 1.165) is 36.1 Å². The average Bonchev–Trinajstić information content (AvgIpc) is 3.73. The molecule has 3 aliphatic heterocycles. The molecule has 0 unspecified atom stereocenters. The van der Waals surface area contributed by atoms with Crippen LogP contribution in [-0.4, -0.2) is 83.7 Å². The third-order valence-electron chi connectivity index (χ3n) is 9.34. The fourth-order valence-corrected chi connectivity index (χ4v) is 6.39. The van der Waals surface area contributed by atoms with Crippen LogP contribution in [0.3, 0.4) is 0 Å². The highest BCUT2D eigenvalue weighted by Crippen LogP contribution is 2.45. The van der Waals surface area contributed by atoms with Gasteiger partial charge in [0.05, 0.1) is 24.3 Å². The van der Waals surface area contributed by atoms with Crippen LogP contribution >= 0.6 is 0 Å². The molecule has 2 amide bonds. The quantitative estimate of drug-likeness (QED) is 0.284. The largest absolute Gasteiger partial charge is 0.478 e. The van der Waals surface area contributed by atoms with E-state index in [1.165, 1.54) is 17.0 Å². The van der Waals surface area contributed by atoms with Gasteiger partial charge >= 0.3 is 12.1 Å². The number of nitrogens with zero attached hydrogens (tertiary/aromatic N) is 3. The second kappa shape index (κ2) is 14.6. The summed E-state index contributed by atoms with van der Waals surface area (Å²) in [7, 11) is 1.64. The standard InChI is InChI=1S/C22H26F4N4O2.C15H14O3/c1-20(2,22(24,25)26)19(32)29-13-21(14-29)7-8-28(12-21)18(31)16-9-27-30(11-16)10-15-3-5-17(23)6-4-15;1-18-10-11-5-4-6-12(9-11)13-7-2-3-8-14(13)15(16)17/h3-6,11,27H,7-10,12-14H2,1-2H3;2-9H,10H2,1H3,(H,16,17). The van der Waals surface area contributed by atoms with Crippen molar-refractivity contribution in [3.63, 3.8) is 0 Å². The molecule has 1 spiro atoms. The highest BCUT2D eigenvalue weighted by Gasteiger charge is 2.59. The van der Waals surface area contributed by atoms with Crippen LogP contribution in [0.2, 0.25) is 0 Å². The SMILES string of the molecule is CC(C)(C(=O)N1CC2(CCN(C(=O)C3=CN(Cc4ccc(F)cc4)NC3)C2)C1)C(F)(F)F.COCc1cccc(-c2ccccc2C(=O)O)c1. The summed E-state index contributed by atoms with van der Waals surface area (Å²) in [5.41, 5.74) is 4.81. The van der Waals surface area contributed by atoms with Gasteiger partial charge in [-0.1, -0.05) is 48.5 Å². The van der Waals surface area contributed by atoms with E-state index in [2.05, 4.69) is 5.43 Å². The fraction of sp³-hybridized carbons (Fsp3) is 0.378. The van der Waals surface area contributed by atoms with Gasteiger partial charge in [-0.05, 0) is 66.8 Å². The number of carboxylic acids is 1. The van der Waals surface area contributed by atoms with Crippen molar-refractivity contribution in [1.29, 1.82) is 0 Å². The molecular formula is C37H40F4N4O5. The summed E-state index contributed by atoms with van der Waals surface area (Å²) in [6, 6.07) is 20.8. The van der Waals surface area contributed by atoms with Gasteiger partial charge in [0, 0.05) is 51.4 Å². The molecule has 6 rings (SSSR count). The van der Waals surface area contributed by atoms with Gasteiger partial charge in [0.15, 0.2) is 0 Å². The number of aromatic carboxylic acids is 1. The van der Waals surface area contributed by atoms with Crippen LogP contribution in [0.5, 0.6) is 0 Å². The smallest absolute Gasteiger partial charge is 0.402 e. The van der Waals surface area contributed by atoms with Crippen LogP contribution in [-0.2, 0) is 27.5 Å². The predicted octanol–water partition coefficient (Wildman–Crippen LogP) is 5.88. The van der Waals surface area contributed by atoms with Gasteiger partial charge in [0.25, 0.3) is 5.91 Å². The van der Waals surface area contributed by atoms with E-state index in [4.69, 9.17) is 4.74 Å². The zero-order valence-corrected chi connectivity index (χ0v) is 28.1. The Balaban J connectivity index is 0.000000228. The lowest BCUT2D eigenvalue weighted by atomic mass is 9.77. The summed E-state index contributed by atoms with van der Waals surface area (Å²) in [4.78, 5) is 39.4. The maximum atomic E-state index is 13.2. The number of rotatable bonds is 8. The first-order chi connectivity index (χ1) is 23.6. The first kappa shape index (κ1) is 36.5. The third-order valence-corrected chi connectivity index (χ3v) is 9.34. The molecule has 3 aliphatic rings. The third kappa shape index (κ3) is 8.00. The maximum Gasteiger partial charge on any atom is 0.402 e. The molecule has 2 N–H and O–H groups in total. The van der Waals surface area contributed by atoms with Crippen molar-refractivity contribution in [3.8, 4) is 11.1 Å². The highest BCUT2D eigenvalue weighted by molar-refractivity contribution is 5.96. The molecule has 0 aromatic heterocycles. The number of halogens is 4. The molecule has 13 heteroatoms. The average molecular weight is 697 g/mol. The lowest BCUT2D eigenvalue weighted by Crippen LogP contribution is -2.63. The number of carbonyl (C=O) groups excluding carboxylic acids is 2. The van der Waals surface area contributed by atoms with E-state index in [-0.39, 0.29) is 30.2 Å². The molecule has 266 valence electrons. The molecule has 2 fully saturated rings. The second-order valence-electron chi connectivity index (χ2n) is 13.5. The predicted molar refractivity (Wildman–Crippen MR) is 178 cm³/mol. The van der Waals surface area contributed by atoms with Crippen molar-refractivity contribution in [1.82, 2.24) is 20.2 Å². The van der Waals surface area contributed by atoms with Gasteiger partial charge in [0.2, 0.25) is 5.91 Å². The number of alkyl halides is 3. The van der Waals surface area contributed by atoms with E-state index in [9.17, 15) is 37.1 Å². The lowest BCUT2D eigenvalue weighted by molar-refractivity contribution is -0.222. The van der Waals surface area contributed by atoms with E-state index >= 15 is 0 Å². The van der Waals surface area contributed by atoms with Crippen molar-refractivity contribution >= 4 is 17.8 Å². The van der Waals surface area contributed by atoms with Crippen LogP contribution in [0, 0.1) is 16.6 Å². The second-order valence-corrected chi connectivity index (χ2v) is 13.5. The molecule has 0 radical (unpaired) electrons. The topological polar surface area (TPSA) is 102 Å². The van der Waals surface area contributed by atoms with Crippen molar-refractivity contribution in [2.24, 2.45) is 10.8 Å². The zero-order valence-electron chi connectivity index (χ0n) is 28.1. The van der Waals surface area contributed by atoms with Crippen LogP contribution < -0.4 is 5.43 Å². The van der Waals surface area contributed by atoms with E-state index in [1.807, 2.05) is 36.4 Å². The summed E-state index contributed by atoms with van der Waals surface area (Å²) in [6.07, 6.45) is -2.21. The molecule has 3 heterocycles. The van der Waals surface area contributed by atoms with Crippen molar-refractivity contribution < 1.29 is 41.8 Å². The number of methoxy groups -OCH3 is 1. The fourth-order valence-electron chi connectivity index (χ4n) is 6.39. The van der Waals surface area contributed by atoms with Gasteiger partial charge < -0.3 is 24.7 Å². The van der Waals surface area contributed by atoms with Crippen LogP contribution in [0.4, 0.5) is 17.6 Å². The molecule has 50 heavy (non-hydrogen) atoms. The number of hydrogen-bond donors (Lipinski definition) is 2. The highest BCUT2D eigenvalue weighted by atomic mass is 19.4. The number of hydrazine groups is 1.